The zero-order valence-electron chi connectivity index (χ0n) is 22.9. The van der Waals surface area contributed by atoms with Gasteiger partial charge in [-0.05, 0) is 66.8 Å². The Kier molecular flexibility index (Phi) is 7.62. The third-order valence-corrected chi connectivity index (χ3v) is 8.21. The predicted octanol–water partition coefficient (Wildman–Crippen LogP) is 7.58. The molecule has 7 heteroatoms. The molecular weight excluding hydrogens is 503 g/mol. The number of fused-ring (bicyclic) bond motifs is 1. The van der Waals surface area contributed by atoms with Gasteiger partial charge < -0.3 is 15.0 Å². The summed E-state index contributed by atoms with van der Waals surface area (Å²) in [6.07, 6.45) is 8.75. The Morgan fingerprint density at radius 2 is 1.77 bits per heavy atom. The summed E-state index contributed by atoms with van der Waals surface area (Å²) in [5.74, 6) is 1.89. The maximum Gasteiger partial charge on any atom is 0.226 e. The lowest BCUT2D eigenvalue weighted by atomic mass is 9.96. The van der Waals surface area contributed by atoms with Crippen molar-refractivity contribution in [1.29, 1.82) is 0 Å². The maximum absolute atomic E-state index is 14.6. The highest BCUT2D eigenvalue weighted by molar-refractivity contribution is 6.01. The molecule has 4 aromatic rings. The minimum atomic E-state index is -0.375. The molecule has 1 saturated heterocycles. The molecule has 6 nitrogen and oxygen atoms in total. The number of hydrogen-bond acceptors (Lipinski definition) is 6. The normalized spacial score (nSPS) is 16.4. The van der Waals surface area contributed by atoms with Crippen LogP contribution in [0.25, 0.3) is 10.8 Å². The Balaban J connectivity index is 1.22. The predicted molar refractivity (Wildman–Crippen MR) is 157 cm³/mol. The van der Waals surface area contributed by atoms with Crippen LogP contribution in [0.4, 0.5) is 16.0 Å². The van der Waals surface area contributed by atoms with Crippen molar-refractivity contribution < 1.29 is 13.9 Å². The van der Waals surface area contributed by atoms with Gasteiger partial charge in [0.2, 0.25) is 11.8 Å². The maximum atomic E-state index is 14.6. The molecule has 0 spiro atoms. The fraction of sp³-hybridized carbons (Fsp3) is 0.364. The number of ketones is 1. The van der Waals surface area contributed by atoms with Crippen molar-refractivity contribution >= 4 is 28.2 Å². The van der Waals surface area contributed by atoms with Crippen LogP contribution in [-0.4, -0.2) is 34.9 Å². The van der Waals surface area contributed by atoms with Gasteiger partial charge in [-0.15, -0.1) is 0 Å². The van der Waals surface area contributed by atoms with Gasteiger partial charge in [-0.1, -0.05) is 50.1 Å². The standard InChI is InChI=1S/C33H35FN4O2/c1-22-13-16-38(17-14-22)27-19-24(18-25(34)21-27)30(39)20-23-10-11-31(29-9-5-4-8-28(23)29)40-32-12-15-35-33(37-32)36-26-6-2-3-7-26/h4-5,8-12,15,18-19,21-22,26H,2-3,6-7,13-14,16-17,20H2,1H3,(H,35,36,37). The Labute approximate surface area is 234 Å². The average molecular weight is 539 g/mol. The second kappa shape index (κ2) is 11.6. The first-order valence-electron chi connectivity index (χ1n) is 14.4. The van der Waals surface area contributed by atoms with Crippen LogP contribution in [0, 0.1) is 11.7 Å². The molecular formula is C33H35FN4O2. The summed E-state index contributed by atoms with van der Waals surface area (Å²) in [7, 11) is 0. The third kappa shape index (κ3) is 5.93. The van der Waals surface area contributed by atoms with Gasteiger partial charge in [0.15, 0.2) is 5.78 Å². The summed E-state index contributed by atoms with van der Waals surface area (Å²) < 4.78 is 20.8. The van der Waals surface area contributed by atoms with Crippen LogP contribution in [-0.2, 0) is 6.42 Å². The van der Waals surface area contributed by atoms with Crippen LogP contribution in [0.15, 0.2) is 66.9 Å². The van der Waals surface area contributed by atoms with E-state index in [1.54, 1.807) is 12.3 Å². The van der Waals surface area contributed by atoms with E-state index in [1.807, 2.05) is 42.5 Å². The number of piperidine rings is 1. The van der Waals surface area contributed by atoms with Gasteiger partial charge in [0, 0.05) is 54.5 Å². The molecule has 206 valence electrons. The second-order valence-corrected chi connectivity index (χ2v) is 11.2. The van der Waals surface area contributed by atoms with Crippen molar-refractivity contribution in [3.05, 3.63) is 83.8 Å². The molecule has 1 aromatic heterocycles. The minimum Gasteiger partial charge on any atom is -0.438 e. The van der Waals surface area contributed by atoms with E-state index in [0.29, 0.717) is 35.1 Å². The van der Waals surface area contributed by atoms with Crippen molar-refractivity contribution in [1.82, 2.24) is 9.97 Å². The zero-order valence-corrected chi connectivity index (χ0v) is 22.9. The summed E-state index contributed by atoms with van der Waals surface area (Å²) in [6.45, 7) is 4.02. The van der Waals surface area contributed by atoms with Crippen LogP contribution in [0.2, 0.25) is 0 Å². The van der Waals surface area contributed by atoms with Crippen molar-refractivity contribution in [2.45, 2.75) is 57.9 Å². The summed E-state index contributed by atoms with van der Waals surface area (Å²) in [5.41, 5.74) is 2.06. The largest absolute Gasteiger partial charge is 0.438 e. The molecule has 0 radical (unpaired) electrons. The quantitative estimate of drug-likeness (QED) is 0.233. The fourth-order valence-corrected chi connectivity index (χ4v) is 5.87. The molecule has 1 aliphatic heterocycles. The molecule has 6 rings (SSSR count). The lowest BCUT2D eigenvalue weighted by Crippen LogP contribution is -2.32. The number of rotatable bonds is 8. The number of halogens is 1. The third-order valence-electron chi connectivity index (χ3n) is 8.21. The van der Waals surface area contributed by atoms with Crippen molar-refractivity contribution in [3.63, 3.8) is 0 Å². The highest BCUT2D eigenvalue weighted by Crippen LogP contribution is 2.33. The summed E-state index contributed by atoms with van der Waals surface area (Å²) in [5, 5.41) is 5.22. The zero-order chi connectivity index (χ0) is 27.5. The van der Waals surface area contributed by atoms with Crippen LogP contribution in [0.5, 0.6) is 11.6 Å². The number of anilines is 2. The van der Waals surface area contributed by atoms with Crippen molar-refractivity contribution in [2.24, 2.45) is 5.92 Å². The average Bonchev–Trinajstić information content (AvgIpc) is 3.47. The number of nitrogens with zero attached hydrogens (tertiary/aromatic N) is 3. The van der Waals surface area contributed by atoms with Crippen LogP contribution < -0.4 is 15.0 Å². The van der Waals surface area contributed by atoms with E-state index in [0.717, 1.165) is 60.8 Å². The number of aromatic nitrogens is 2. The number of benzene rings is 3. The molecule has 3 aromatic carbocycles. The molecule has 40 heavy (non-hydrogen) atoms. The van der Waals surface area contributed by atoms with Crippen molar-refractivity contribution in [2.75, 3.05) is 23.3 Å². The SMILES string of the molecule is CC1CCN(c2cc(F)cc(C(=O)Cc3ccc(Oc4ccnc(NC5CCCC5)n4)c4ccccc34)c2)CC1. The Morgan fingerprint density at radius 1 is 1.00 bits per heavy atom. The minimum absolute atomic E-state index is 0.108. The lowest BCUT2D eigenvalue weighted by Gasteiger charge is -2.32. The summed E-state index contributed by atoms with van der Waals surface area (Å²) >= 11 is 0. The Bertz CT molecular complexity index is 1510. The topological polar surface area (TPSA) is 67.4 Å². The van der Waals surface area contributed by atoms with Crippen molar-refractivity contribution in [3.8, 4) is 11.6 Å². The van der Waals surface area contributed by atoms with Crippen LogP contribution >= 0.6 is 0 Å². The molecule has 0 unspecified atom stereocenters. The number of ether oxygens (including phenoxy) is 1. The van der Waals surface area contributed by atoms with Gasteiger partial charge >= 0.3 is 0 Å². The van der Waals surface area contributed by atoms with Gasteiger partial charge in [-0.25, -0.2) is 9.37 Å². The van der Waals surface area contributed by atoms with Gasteiger partial charge in [-0.2, -0.15) is 4.98 Å². The number of carbonyl (C=O) groups excluding carboxylic acids is 1. The molecule has 0 bridgehead atoms. The van der Waals surface area contributed by atoms with E-state index < -0.39 is 0 Å². The monoisotopic (exact) mass is 538 g/mol. The first kappa shape index (κ1) is 26.2. The van der Waals surface area contributed by atoms with E-state index in [-0.39, 0.29) is 18.0 Å². The van der Waals surface area contributed by atoms with Gasteiger partial charge in [0.1, 0.15) is 11.6 Å². The van der Waals surface area contributed by atoms with E-state index in [9.17, 15) is 9.18 Å². The van der Waals surface area contributed by atoms with Gasteiger partial charge in [0.25, 0.3) is 0 Å². The molecule has 0 amide bonds. The molecule has 2 aliphatic rings. The van der Waals surface area contributed by atoms with E-state index in [2.05, 4.69) is 27.1 Å². The van der Waals surface area contributed by atoms with E-state index in [4.69, 9.17) is 4.74 Å². The van der Waals surface area contributed by atoms with Crippen LogP contribution in [0.1, 0.15) is 61.4 Å². The number of carbonyl (C=O) groups is 1. The first-order valence-corrected chi connectivity index (χ1v) is 14.4. The smallest absolute Gasteiger partial charge is 0.226 e. The van der Waals surface area contributed by atoms with E-state index in [1.165, 1.54) is 25.0 Å². The lowest BCUT2D eigenvalue weighted by molar-refractivity contribution is 0.0993. The van der Waals surface area contributed by atoms with Gasteiger partial charge in [0.05, 0.1) is 0 Å². The number of nitrogens with one attached hydrogen (secondary N) is 1. The summed E-state index contributed by atoms with van der Waals surface area (Å²) in [4.78, 5) is 24.5. The molecule has 2 heterocycles. The molecule has 0 atom stereocenters. The molecule has 1 N–H and O–H groups in total. The second-order valence-electron chi connectivity index (χ2n) is 11.2. The fourth-order valence-electron chi connectivity index (χ4n) is 5.87. The molecule has 2 fully saturated rings. The number of hydrogen-bond donors (Lipinski definition) is 1. The Hall–Kier alpha value is -4.00. The van der Waals surface area contributed by atoms with Gasteiger partial charge in [-0.3, -0.25) is 4.79 Å². The molecule has 1 saturated carbocycles. The molecule has 1 aliphatic carbocycles. The van der Waals surface area contributed by atoms with E-state index >= 15 is 0 Å². The highest BCUT2D eigenvalue weighted by Gasteiger charge is 2.20. The van der Waals surface area contributed by atoms with Crippen LogP contribution in [0.3, 0.4) is 0 Å². The highest BCUT2D eigenvalue weighted by atomic mass is 19.1. The summed E-state index contributed by atoms with van der Waals surface area (Å²) in [6, 6.07) is 18.6. The number of Topliss-reactive ketones (excluding diaryl/α,β-unsaturated/α-hetero) is 1. The Morgan fingerprint density at radius 3 is 2.58 bits per heavy atom. The first-order chi connectivity index (χ1) is 19.5.